The van der Waals surface area contributed by atoms with Gasteiger partial charge in [-0.2, -0.15) is 5.26 Å². The predicted octanol–water partition coefficient (Wildman–Crippen LogP) is 2.32. The lowest BCUT2D eigenvalue weighted by molar-refractivity contribution is 0.102. The van der Waals surface area contributed by atoms with Crippen LogP contribution in [-0.4, -0.2) is 47.0 Å². The van der Waals surface area contributed by atoms with Crippen molar-refractivity contribution < 1.29 is 4.79 Å². The van der Waals surface area contributed by atoms with Crippen LogP contribution in [0.25, 0.3) is 0 Å². The van der Waals surface area contributed by atoms with Crippen LogP contribution in [0, 0.1) is 11.3 Å². The maximum absolute atomic E-state index is 12.7. The van der Waals surface area contributed by atoms with Gasteiger partial charge in [0.1, 0.15) is 6.07 Å². The van der Waals surface area contributed by atoms with Crippen LogP contribution in [0.1, 0.15) is 15.9 Å². The maximum atomic E-state index is 12.7. The zero-order chi connectivity index (χ0) is 20.1. The molecule has 0 saturated carbocycles. The summed E-state index contributed by atoms with van der Waals surface area (Å²) in [7, 11) is 0. The largest absolute Gasteiger partial charge is 0.367 e. The molecule has 0 aliphatic carbocycles. The second kappa shape index (κ2) is 8.35. The van der Waals surface area contributed by atoms with E-state index in [1.165, 1.54) is 6.20 Å². The number of amides is 1. The first-order valence-corrected chi connectivity index (χ1v) is 9.27. The Balaban J connectivity index is 1.44. The van der Waals surface area contributed by atoms with Crippen molar-refractivity contribution in [1.29, 1.82) is 5.26 Å². The summed E-state index contributed by atoms with van der Waals surface area (Å²) in [5, 5.41) is 12.0. The van der Waals surface area contributed by atoms with E-state index in [-0.39, 0.29) is 5.91 Å². The third-order valence-electron chi connectivity index (χ3n) is 4.76. The van der Waals surface area contributed by atoms with Crippen LogP contribution < -0.4 is 15.1 Å². The van der Waals surface area contributed by atoms with Crippen molar-refractivity contribution in [3.8, 4) is 6.07 Å². The van der Waals surface area contributed by atoms with Gasteiger partial charge in [0.25, 0.3) is 5.91 Å². The molecule has 0 radical (unpaired) electrons. The Morgan fingerprint density at radius 1 is 1.00 bits per heavy atom. The molecule has 0 atom stereocenters. The van der Waals surface area contributed by atoms with Gasteiger partial charge >= 0.3 is 0 Å². The van der Waals surface area contributed by atoms with Crippen molar-refractivity contribution in [1.82, 2.24) is 15.0 Å². The van der Waals surface area contributed by atoms with Gasteiger partial charge in [0.05, 0.1) is 28.7 Å². The summed E-state index contributed by atoms with van der Waals surface area (Å²) < 4.78 is 0. The molecule has 1 aromatic carbocycles. The topological polar surface area (TPSA) is 98.0 Å². The van der Waals surface area contributed by atoms with E-state index in [0.717, 1.165) is 37.8 Å². The standard InChI is InChI=1S/C21H19N7O/c22-13-16-4-1-2-5-19(16)26-20(29)17-12-18(15-23-14-17)27-8-10-28(11-9-27)21-24-6-3-7-25-21/h1-7,12,14-15H,8-11H2,(H,26,29). The van der Waals surface area contributed by atoms with Crippen molar-refractivity contribution in [3.63, 3.8) is 0 Å². The number of carbonyl (C=O) groups excluding carboxylic acids is 1. The number of anilines is 3. The van der Waals surface area contributed by atoms with Crippen LogP contribution in [0.2, 0.25) is 0 Å². The van der Waals surface area contributed by atoms with E-state index >= 15 is 0 Å². The third-order valence-corrected chi connectivity index (χ3v) is 4.76. The third kappa shape index (κ3) is 4.14. The van der Waals surface area contributed by atoms with Gasteiger partial charge < -0.3 is 15.1 Å². The summed E-state index contributed by atoms with van der Waals surface area (Å²) >= 11 is 0. The number of para-hydroxylation sites is 1. The highest BCUT2D eigenvalue weighted by molar-refractivity contribution is 6.05. The van der Waals surface area contributed by atoms with Gasteiger partial charge in [-0.15, -0.1) is 0 Å². The van der Waals surface area contributed by atoms with Gasteiger partial charge in [0, 0.05) is 44.8 Å². The molecule has 3 heterocycles. The lowest BCUT2D eigenvalue weighted by Gasteiger charge is -2.35. The molecule has 144 valence electrons. The fourth-order valence-corrected chi connectivity index (χ4v) is 3.23. The normalized spacial score (nSPS) is 13.6. The number of hydrogen-bond donors (Lipinski definition) is 1. The zero-order valence-electron chi connectivity index (χ0n) is 15.7. The van der Waals surface area contributed by atoms with Crippen LogP contribution in [-0.2, 0) is 0 Å². The van der Waals surface area contributed by atoms with Crippen molar-refractivity contribution in [3.05, 3.63) is 72.3 Å². The molecule has 0 unspecified atom stereocenters. The van der Waals surface area contributed by atoms with E-state index in [9.17, 15) is 10.1 Å². The number of hydrogen-bond acceptors (Lipinski definition) is 7. The molecule has 1 saturated heterocycles. The van der Waals surface area contributed by atoms with Crippen molar-refractivity contribution in [2.24, 2.45) is 0 Å². The lowest BCUT2D eigenvalue weighted by atomic mass is 10.1. The molecular weight excluding hydrogens is 366 g/mol. The fraction of sp³-hybridized carbons (Fsp3) is 0.190. The second-order valence-corrected chi connectivity index (χ2v) is 6.57. The molecule has 1 N–H and O–H groups in total. The summed E-state index contributed by atoms with van der Waals surface area (Å²) in [5.74, 6) is 0.438. The quantitative estimate of drug-likeness (QED) is 0.736. The summed E-state index contributed by atoms with van der Waals surface area (Å²) in [6.45, 7) is 3.14. The average Bonchev–Trinajstić information content (AvgIpc) is 2.80. The Hall–Kier alpha value is -3.99. The Morgan fingerprint density at radius 3 is 2.48 bits per heavy atom. The molecule has 0 spiro atoms. The molecule has 1 fully saturated rings. The first-order valence-electron chi connectivity index (χ1n) is 9.27. The number of pyridine rings is 1. The van der Waals surface area contributed by atoms with Crippen LogP contribution in [0.15, 0.2) is 61.2 Å². The smallest absolute Gasteiger partial charge is 0.257 e. The fourth-order valence-electron chi connectivity index (χ4n) is 3.23. The van der Waals surface area contributed by atoms with Gasteiger partial charge in [0.2, 0.25) is 5.95 Å². The molecular formula is C21H19N7O. The van der Waals surface area contributed by atoms with Gasteiger partial charge in [-0.05, 0) is 24.3 Å². The van der Waals surface area contributed by atoms with Gasteiger partial charge in [-0.25, -0.2) is 9.97 Å². The van der Waals surface area contributed by atoms with Crippen LogP contribution in [0.4, 0.5) is 17.3 Å². The zero-order valence-corrected chi connectivity index (χ0v) is 15.7. The number of nitrogens with one attached hydrogen (secondary N) is 1. The number of nitrogens with zero attached hydrogens (tertiary/aromatic N) is 6. The number of piperazine rings is 1. The number of rotatable bonds is 4. The number of carbonyl (C=O) groups is 1. The molecule has 4 rings (SSSR count). The monoisotopic (exact) mass is 385 g/mol. The lowest BCUT2D eigenvalue weighted by Crippen LogP contribution is -2.47. The minimum atomic E-state index is -0.293. The SMILES string of the molecule is N#Cc1ccccc1NC(=O)c1cncc(N2CCN(c3ncccn3)CC2)c1. The first-order chi connectivity index (χ1) is 14.2. The molecule has 3 aromatic rings. The summed E-state index contributed by atoms with van der Waals surface area (Å²) in [6.07, 6.45) is 6.77. The molecule has 1 amide bonds. The molecule has 0 bridgehead atoms. The van der Waals surface area contributed by atoms with E-state index in [1.807, 2.05) is 6.07 Å². The van der Waals surface area contributed by atoms with Gasteiger partial charge in [-0.1, -0.05) is 12.1 Å². The molecule has 1 aliphatic rings. The summed E-state index contributed by atoms with van der Waals surface area (Å²) in [6, 6.07) is 12.6. The van der Waals surface area contributed by atoms with E-state index in [4.69, 9.17) is 0 Å². The Morgan fingerprint density at radius 2 is 1.72 bits per heavy atom. The number of aromatic nitrogens is 3. The number of benzene rings is 1. The van der Waals surface area contributed by atoms with E-state index < -0.39 is 0 Å². The highest BCUT2D eigenvalue weighted by Crippen LogP contribution is 2.20. The molecule has 8 heteroatoms. The minimum Gasteiger partial charge on any atom is -0.367 e. The number of nitriles is 1. The van der Waals surface area contributed by atoms with E-state index in [1.54, 1.807) is 48.9 Å². The van der Waals surface area contributed by atoms with Gasteiger partial charge in [0.15, 0.2) is 0 Å². The van der Waals surface area contributed by atoms with Gasteiger partial charge in [-0.3, -0.25) is 9.78 Å². The highest BCUT2D eigenvalue weighted by atomic mass is 16.1. The second-order valence-electron chi connectivity index (χ2n) is 6.57. The maximum Gasteiger partial charge on any atom is 0.257 e. The Labute approximate surface area is 168 Å². The van der Waals surface area contributed by atoms with Crippen molar-refractivity contribution >= 4 is 23.2 Å². The molecule has 8 nitrogen and oxygen atoms in total. The summed E-state index contributed by atoms with van der Waals surface area (Å²) in [5.41, 5.74) is 2.25. The van der Waals surface area contributed by atoms with Crippen LogP contribution >= 0.6 is 0 Å². The van der Waals surface area contributed by atoms with E-state index in [2.05, 4.69) is 36.1 Å². The molecule has 29 heavy (non-hydrogen) atoms. The predicted molar refractivity (Wildman–Crippen MR) is 110 cm³/mol. The molecule has 1 aliphatic heterocycles. The average molecular weight is 385 g/mol. The first kappa shape index (κ1) is 18.4. The Bertz CT molecular complexity index is 1040. The van der Waals surface area contributed by atoms with E-state index in [0.29, 0.717) is 16.8 Å². The Kier molecular flexibility index (Phi) is 5.29. The van der Waals surface area contributed by atoms with Crippen LogP contribution in [0.3, 0.4) is 0 Å². The highest BCUT2D eigenvalue weighted by Gasteiger charge is 2.20. The molecule has 2 aromatic heterocycles. The minimum absolute atomic E-state index is 0.293. The van der Waals surface area contributed by atoms with Crippen molar-refractivity contribution in [2.75, 3.05) is 41.3 Å². The van der Waals surface area contributed by atoms with Crippen molar-refractivity contribution in [2.45, 2.75) is 0 Å². The van der Waals surface area contributed by atoms with Crippen LogP contribution in [0.5, 0.6) is 0 Å². The summed E-state index contributed by atoms with van der Waals surface area (Å²) in [4.78, 5) is 29.8.